The van der Waals surface area contributed by atoms with Crippen molar-refractivity contribution in [2.75, 3.05) is 6.54 Å². The third kappa shape index (κ3) is 2.49. The minimum Gasteiger partial charge on any atom is -0.426 e. The third-order valence-corrected chi connectivity index (χ3v) is 5.68. The first-order chi connectivity index (χ1) is 11.5. The lowest BCUT2D eigenvalue weighted by Crippen LogP contribution is -2.35. The van der Waals surface area contributed by atoms with Crippen molar-refractivity contribution in [3.63, 3.8) is 0 Å². The molecule has 2 aliphatic carbocycles. The SMILES string of the molecule is O=C(CCN1C(=O)[C@H]2[C@H](C1=O)[C@H]1C=C[C@H]2C1)Oc1ccc(Br)cc1. The van der Waals surface area contributed by atoms with Crippen molar-refractivity contribution in [1.82, 2.24) is 4.90 Å². The van der Waals surface area contributed by atoms with E-state index in [9.17, 15) is 14.4 Å². The van der Waals surface area contributed by atoms with Crippen LogP contribution in [0.25, 0.3) is 0 Å². The summed E-state index contributed by atoms with van der Waals surface area (Å²) in [5.41, 5.74) is 0. The maximum absolute atomic E-state index is 12.5. The fourth-order valence-electron chi connectivity index (χ4n) is 4.07. The number of nitrogens with zero attached hydrogens (tertiary/aromatic N) is 1. The molecule has 1 heterocycles. The Bertz CT molecular complexity index is 712. The van der Waals surface area contributed by atoms with Gasteiger partial charge in [0.25, 0.3) is 0 Å². The summed E-state index contributed by atoms with van der Waals surface area (Å²) in [5, 5.41) is 0. The van der Waals surface area contributed by atoms with Crippen molar-refractivity contribution >= 4 is 33.7 Å². The predicted octanol–water partition coefficient (Wildman–Crippen LogP) is 2.55. The number of fused-ring (bicyclic) bond motifs is 5. The number of halogens is 1. The van der Waals surface area contributed by atoms with Gasteiger partial charge in [-0.1, -0.05) is 28.1 Å². The highest BCUT2D eigenvalue weighted by Crippen LogP contribution is 2.52. The lowest BCUT2D eigenvalue weighted by Gasteiger charge is -2.16. The molecule has 1 aromatic carbocycles. The van der Waals surface area contributed by atoms with Crippen molar-refractivity contribution in [3.05, 3.63) is 40.9 Å². The fourth-order valence-corrected chi connectivity index (χ4v) is 4.34. The van der Waals surface area contributed by atoms with Gasteiger partial charge in [-0.2, -0.15) is 0 Å². The quantitative estimate of drug-likeness (QED) is 0.343. The van der Waals surface area contributed by atoms with Crippen molar-refractivity contribution in [2.24, 2.45) is 23.7 Å². The van der Waals surface area contributed by atoms with E-state index in [4.69, 9.17) is 4.74 Å². The first kappa shape index (κ1) is 15.6. The van der Waals surface area contributed by atoms with Crippen LogP contribution in [0.2, 0.25) is 0 Å². The number of hydrogen-bond donors (Lipinski definition) is 0. The van der Waals surface area contributed by atoms with Crippen LogP contribution in [0.15, 0.2) is 40.9 Å². The van der Waals surface area contributed by atoms with E-state index in [0.29, 0.717) is 5.75 Å². The van der Waals surface area contributed by atoms with Crippen LogP contribution in [-0.2, 0) is 14.4 Å². The number of ether oxygens (including phenoxy) is 1. The molecule has 1 saturated heterocycles. The standard InChI is InChI=1S/C18H16BrNO4/c19-12-3-5-13(6-4-12)24-14(21)7-8-20-17(22)15-10-1-2-11(9-10)16(15)18(20)23/h1-6,10-11,15-16H,7-9H2/t10-,11-,15+,16+/m0/s1. The number of carbonyl (C=O) groups excluding carboxylic acids is 3. The topological polar surface area (TPSA) is 63.7 Å². The largest absolute Gasteiger partial charge is 0.426 e. The lowest BCUT2D eigenvalue weighted by molar-refractivity contribution is -0.142. The van der Waals surface area contributed by atoms with Gasteiger partial charge in [0, 0.05) is 11.0 Å². The summed E-state index contributed by atoms with van der Waals surface area (Å²) in [4.78, 5) is 38.2. The Kier molecular flexibility index (Phi) is 3.79. The van der Waals surface area contributed by atoms with Crippen LogP contribution in [0.5, 0.6) is 5.75 Å². The molecule has 2 fully saturated rings. The van der Waals surface area contributed by atoms with E-state index in [2.05, 4.69) is 28.1 Å². The van der Waals surface area contributed by atoms with Crippen LogP contribution in [0.1, 0.15) is 12.8 Å². The Labute approximate surface area is 147 Å². The molecule has 2 amide bonds. The number of likely N-dealkylation sites (tertiary alicyclic amines) is 1. The Hall–Kier alpha value is -1.95. The molecule has 0 unspecified atom stereocenters. The molecule has 0 radical (unpaired) electrons. The zero-order chi connectivity index (χ0) is 16.8. The normalized spacial score (nSPS) is 30.1. The van der Waals surface area contributed by atoms with Crippen LogP contribution in [0.4, 0.5) is 0 Å². The number of hydrogen-bond acceptors (Lipinski definition) is 4. The average Bonchev–Trinajstić information content (AvgIpc) is 3.23. The van der Waals surface area contributed by atoms with Crippen LogP contribution >= 0.6 is 15.9 Å². The predicted molar refractivity (Wildman–Crippen MR) is 88.8 cm³/mol. The molecule has 3 aliphatic rings. The average molecular weight is 390 g/mol. The van der Waals surface area contributed by atoms with Crippen molar-refractivity contribution in [3.8, 4) is 5.75 Å². The second-order valence-electron chi connectivity index (χ2n) is 6.51. The molecule has 1 saturated carbocycles. The van der Waals surface area contributed by atoms with Crippen LogP contribution < -0.4 is 4.74 Å². The van der Waals surface area contributed by atoms with Gasteiger partial charge in [-0.05, 0) is 42.5 Å². The minimum atomic E-state index is -0.448. The van der Waals surface area contributed by atoms with Gasteiger partial charge in [0.1, 0.15) is 5.75 Å². The summed E-state index contributed by atoms with van der Waals surface area (Å²) >= 11 is 3.31. The fraction of sp³-hybridized carbons (Fsp3) is 0.389. The second-order valence-corrected chi connectivity index (χ2v) is 7.42. The molecule has 0 spiro atoms. The van der Waals surface area contributed by atoms with Crippen LogP contribution in [0, 0.1) is 23.7 Å². The van der Waals surface area contributed by atoms with Gasteiger partial charge in [0.05, 0.1) is 18.3 Å². The molecular weight excluding hydrogens is 374 g/mol. The molecule has 24 heavy (non-hydrogen) atoms. The summed E-state index contributed by atoms with van der Waals surface area (Å²) in [6.45, 7) is 0.0967. The zero-order valence-electron chi connectivity index (χ0n) is 12.9. The monoisotopic (exact) mass is 389 g/mol. The van der Waals surface area contributed by atoms with E-state index < -0.39 is 5.97 Å². The number of esters is 1. The van der Waals surface area contributed by atoms with E-state index in [0.717, 1.165) is 10.9 Å². The highest BCUT2D eigenvalue weighted by Gasteiger charge is 2.59. The van der Waals surface area contributed by atoms with Crippen LogP contribution in [-0.4, -0.2) is 29.2 Å². The number of carbonyl (C=O) groups is 3. The van der Waals surface area contributed by atoms with E-state index in [1.807, 2.05) is 0 Å². The van der Waals surface area contributed by atoms with Crippen LogP contribution in [0.3, 0.4) is 0 Å². The summed E-state index contributed by atoms with van der Waals surface area (Å²) < 4.78 is 6.12. The Morgan fingerprint density at radius 3 is 2.25 bits per heavy atom. The van der Waals surface area contributed by atoms with Gasteiger partial charge in [0.2, 0.25) is 11.8 Å². The molecule has 1 aliphatic heterocycles. The molecule has 4 atom stereocenters. The number of benzene rings is 1. The van der Waals surface area contributed by atoms with E-state index in [1.54, 1.807) is 24.3 Å². The Balaban J connectivity index is 1.36. The van der Waals surface area contributed by atoms with E-state index in [1.165, 1.54) is 4.90 Å². The number of rotatable bonds is 4. The van der Waals surface area contributed by atoms with Gasteiger partial charge < -0.3 is 4.74 Å². The molecule has 2 bridgehead atoms. The van der Waals surface area contributed by atoms with Crippen molar-refractivity contribution in [2.45, 2.75) is 12.8 Å². The molecule has 1 aromatic rings. The summed E-state index contributed by atoms with van der Waals surface area (Å²) in [5.74, 6) is -0.300. The zero-order valence-corrected chi connectivity index (χ0v) is 14.4. The molecular formula is C18H16BrNO4. The van der Waals surface area contributed by atoms with Gasteiger partial charge in [-0.3, -0.25) is 19.3 Å². The molecule has 6 heteroatoms. The smallest absolute Gasteiger partial charge is 0.312 e. The van der Waals surface area contributed by atoms with Crippen molar-refractivity contribution in [1.29, 1.82) is 0 Å². The number of amides is 2. The Morgan fingerprint density at radius 1 is 1.08 bits per heavy atom. The summed E-state index contributed by atoms with van der Waals surface area (Å²) in [6, 6.07) is 6.92. The lowest BCUT2D eigenvalue weighted by atomic mass is 9.85. The first-order valence-corrected chi connectivity index (χ1v) is 8.83. The third-order valence-electron chi connectivity index (χ3n) is 5.15. The molecule has 4 rings (SSSR count). The van der Waals surface area contributed by atoms with Gasteiger partial charge in [0.15, 0.2) is 0 Å². The van der Waals surface area contributed by atoms with Gasteiger partial charge >= 0.3 is 5.97 Å². The minimum absolute atomic E-state index is 0.00967. The van der Waals surface area contributed by atoms with Crippen molar-refractivity contribution < 1.29 is 19.1 Å². The highest BCUT2D eigenvalue weighted by molar-refractivity contribution is 9.10. The van der Waals surface area contributed by atoms with E-state index in [-0.39, 0.29) is 48.5 Å². The molecule has 0 N–H and O–H groups in total. The maximum Gasteiger partial charge on any atom is 0.312 e. The number of allylic oxidation sites excluding steroid dienone is 2. The summed E-state index contributed by atoms with van der Waals surface area (Å²) in [7, 11) is 0. The molecule has 5 nitrogen and oxygen atoms in total. The Morgan fingerprint density at radius 2 is 1.67 bits per heavy atom. The number of imide groups is 1. The first-order valence-electron chi connectivity index (χ1n) is 8.04. The van der Waals surface area contributed by atoms with E-state index >= 15 is 0 Å². The second kappa shape index (κ2) is 5.84. The highest BCUT2D eigenvalue weighted by atomic mass is 79.9. The molecule has 124 valence electrons. The van der Waals surface area contributed by atoms with Gasteiger partial charge in [-0.25, -0.2) is 0 Å². The van der Waals surface area contributed by atoms with Gasteiger partial charge in [-0.15, -0.1) is 0 Å². The maximum atomic E-state index is 12.5. The summed E-state index contributed by atoms with van der Waals surface area (Å²) in [6.07, 6.45) is 5.03. The molecule has 0 aromatic heterocycles.